The SMILES string of the molecule is Cc1ccccc1-c1cc2c3c(c1)c1ccccc1n3-c1ccccc1C2(C)C. The molecule has 1 aliphatic heterocycles. The molecule has 0 saturated heterocycles. The van der Waals surface area contributed by atoms with Crippen LogP contribution in [-0.4, -0.2) is 4.57 Å². The van der Waals surface area contributed by atoms with Crippen molar-refractivity contribution in [1.82, 2.24) is 4.57 Å². The molecular weight excluding hydrogens is 350 g/mol. The van der Waals surface area contributed by atoms with Crippen molar-refractivity contribution >= 4 is 21.8 Å². The van der Waals surface area contributed by atoms with Crippen LogP contribution in [0.15, 0.2) is 84.9 Å². The predicted molar refractivity (Wildman–Crippen MR) is 123 cm³/mol. The van der Waals surface area contributed by atoms with Gasteiger partial charge in [-0.2, -0.15) is 0 Å². The smallest absolute Gasteiger partial charge is 0.0582 e. The molecule has 1 nitrogen and oxygen atoms in total. The molecule has 0 radical (unpaired) electrons. The maximum atomic E-state index is 2.47. The van der Waals surface area contributed by atoms with Crippen LogP contribution in [0.1, 0.15) is 30.5 Å². The lowest BCUT2D eigenvalue weighted by Gasteiger charge is -2.35. The van der Waals surface area contributed by atoms with Crippen molar-refractivity contribution < 1.29 is 0 Å². The van der Waals surface area contributed by atoms with Gasteiger partial charge in [-0.05, 0) is 59.0 Å². The van der Waals surface area contributed by atoms with E-state index in [4.69, 9.17) is 0 Å². The fourth-order valence-corrected chi connectivity index (χ4v) is 5.22. The number of hydrogen-bond acceptors (Lipinski definition) is 0. The number of hydrogen-bond donors (Lipinski definition) is 0. The summed E-state index contributed by atoms with van der Waals surface area (Å²) in [5, 5.41) is 2.67. The Bertz CT molecular complexity index is 1430. The van der Waals surface area contributed by atoms with Gasteiger partial charge in [-0.25, -0.2) is 0 Å². The monoisotopic (exact) mass is 373 g/mol. The highest BCUT2D eigenvalue weighted by atomic mass is 15.0. The molecule has 5 aromatic rings. The van der Waals surface area contributed by atoms with E-state index >= 15 is 0 Å². The maximum absolute atomic E-state index is 2.47. The van der Waals surface area contributed by atoms with Crippen molar-refractivity contribution in [3.8, 4) is 16.8 Å². The van der Waals surface area contributed by atoms with Crippen LogP contribution in [0, 0.1) is 6.92 Å². The van der Waals surface area contributed by atoms with Gasteiger partial charge in [0, 0.05) is 16.2 Å². The Morgan fingerprint density at radius 3 is 2.28 bits per heavy atom. The van der Waals surface area contributed by atoms with E-state index in [1.807, 2.05) is 0 Å². The number of fused-ring (bicyclic) bond motifs is 5. The van der Waals surface area contributed by atoms with Crippen molar-refractivity contribution in [1.29, 1.82) is 0 Å². The van der Waals surface area contributed by atoms with Crippen molar-refractivity contribution in [3.63, 3.8) is 0 Å². The van der Waals surface area contributed by atoms with Crippen molar-refractivity contribution in [2.75, 3.05) is 0 Å². The molecule has 1 aromatic heterocycles. The minimum atomic E-state index is -0.0576. The molecule has 0 fully saturated rings. The molecular formula is C28H23N. The Hall–Kier alpha value is -3.32. The zero-order valence-corrected chi connectivity index (χ0v) is 17.0. The summed E-state index contributed by atoms with van der Waals surface area (Å²) < 4.78 is 2.47. The van der Waals surface area contributed by atoms with Crippen LogP contribution < -0.4 is 0 Å². The molecule has 0 unspecified atom stereocenters. The predicted octanol–water partition coefficient (Wildman–Crippen LogP) is 7.40. The second-order valence-corrected chi connectivity index (χ2v) is 8.73. The molecule has 0 saturated carbocycles. The average Bonchev–Trinajstić information content (AvgIpc) is 3.07. The lowest BCUT2D eigenvalue weighted by molar-refractivity contribution is 0.630. The van der Waals surface area contributed by atoms with Gasteiger partial charge in [0.25, 0.3) is 0 Å². The van der Waals surface area contributed by atoms with Crippen molar-refractivity contribution in [2.45, 2.75) is 26.2 Å². The minimum Gasteiger partial charge on any atom is -0.309 e. The van der Waals surface area contributed by atoms with Gasteiger partial charge in [0.05, 0.1) is 16.7 Å². The lowest BCUT2D eigenvalue weighted by Crippen LogP contribution is -2.26. The van der Waals surface area contributed by atoms with Gasteiger partial charge in [0.2, 0.25) is 0 Å². The maximum Gasteiger partial charge on any atom is 0.0582 e. The second-order valence-electron chi connectivity index (χ2n) is 8.73. The summed E-state index contributed by atoms with van der Waals surface area (Å²) >= 11 is 0. The van der Waals surface area contributed by atoms with Gasteiger partial charge in [0.15, 0.2) is 0 Å². The molecule has 0 spiro atoms. The molecule has 4 aromatic carbocycles. The fraction of sp³-hybridized carbons (Fsp3) is 0.143. The van der Waals surface area contributed by atoms with Gasteiger partial charge in [-0.3, -0.25) is 0 Å². The molecule has 140 valence electrons. The first-order valence-electron chi connectivity index (χ1n) is 10.3. The summed E-state index contributed by atoms with van der Waals surface area (Å²) in [4.78, 5) is 0. The number of nitrogens with zero attached hydrogens (tertiary/aromatic N) is 1. The number of benzene rings is 4. The van der Waals surface area contributed by atoms with Crippen molar-refractivity contribution in [2.24, 2.45) is 0 Å². The first-order chi connectivity index (χ1) is 14.1. The van der Waals surface area contributed by atoms with E-state index in [-0.39, 0.29) is 5.41 Å². The van der Waals surface area contributed by atoms with E-state index in [0.29, 0.717) is 0 Å². The van der Waals surface area contributed by atoms with Gasteiger partial charge >= 0.3 is 0 Å². The van der Waals surface area contributed by atoms with Crippen LogP contribution in [-0.2, 0) is 5.41 Å². The lowest BCUT2D eigenvalue weighted by atomic mass is 9.74. The van der Waals surface area contributed by atoms with Crippen LogP contribution in [0.25, 0.3) is 38.6 Å². The highest BCUT2D eigenvalue weighted by Crippen LogP contribution is 2.48. The molecule has 0 aliphatic carbocycles. The largest absolute Gasteiger partial charge is 0.309 e. The zero-order valence-electron chi connectivity index (χ0n) is 17.0. The fourth-order valence-electron chi connectivity index (χ4n) is 5.22. The van der Waals surface area contributed by atoms with Crippen LogP contribution in [0.3, 0.4) is 0 Å². The normalized spacial score (nSPS) is 14.3. The molecule has 2 heterocycles. The Balaban J connectivity index is 1.85. The van der Waals surface area contributed by atoms with E-state index < -0.39 is 0 Å². The molecule has 0 atom stereocenters. The molecule has 1 aliphatic rings. The molecule has 0 N–H and O–H groups in total. The van der Waals surface area contributed by atoms with Crippen LogP contribution >= 0.6 is 0 Å². The number of aromatic nitrogens is 1. The number of para-hydroxylation sites is 2. The number of aryl methyl sites for hydroxylation is 1. The Morgan fingerprint density at radius 1 is 0.690 bits per heavy atom. The minimum absolute atomic E-state index is 0.0576. The first kappa shape index (κ1) is 16.6. The van der Waals surface area contributed by atoms with E-state index in [9.17, 15) is 0 Å². The average molecular weight is 373 g/mol. The van der Waals surface area contributed by atoms with E-state index in [0.717, 1.165) is 0 Å². The Kier molecular flexibility index (Phi) is 3.21. The highest BCUT2D eigenvalue weighted by Gasteiger charge is 2.35. The summed E-state index contributed by atoms with van der Waals surface area (Å²) in [6.07, 6.45) is 0. The van der Waals surface area contributed by atoms with E-state index in [1.165, 1.54) is 55.3 Å². The van der Waals surface area contributed by atoms with Gasteiger partial charge in [-0.15, -0.1) is 0 Å². The van der Waals surface area contributed by atoms with Gasteiger partial charge in [-0.1, -0.05) is 74.5 Å². The summed E-state index contributed by atoms with van der Waals surface area (Å²) in [7, 11) is 0. The summed E-state index contributed by atoms with van der Waals surface area (Å²) in [5.74, 6) is 0. The molecule has 0 amide bonds. The highest BCUT2D eigenvalue weighted by molar-refractivity contribution is 6.12. The van der Waals surface area contributed by atoms with Crippen LogP contribution in [0.2, 0.25) is 0 Å². The van der Waals surface area contributed by atoms with Gasteiger partial charge < -0.3 is 4.57 Å². The molecule has 0 bridgehead atoms. The number of rotatable bonds is 1. The topological polar surface area (TPSA) is 4.93 Å². The molecule has 6 rings (SSSR count). The van der Waals surface area contributed by atoms with E-state index in [2.05, 4.69) is 110 Å². The second kappa shape index (κ2) is 5.61. The van der Waals surface area contributed by atoms with E-state index in [1.54, 1.807) is 0 Å². The first-order valence-corrected chi connectivity index (χ1v) is 10.3. The summed E-state index contributed by atoms with van der Waals surface area (Å²) in [6, 6.07) is 31.2. The third kappa shape index (κ3) is 2.10. The Morgan fingerprint density at radius 2 is 1.41 bits per heavy atom. The Labute approximate surface area is 171 Å². The quantitative estimate of drug-likeness (QED) is 0.288. The molecule has 1 heteroatoms. The van der Waals surface area contributed by atoms with Crippen LogP contribution in [0.5, 0.6) is 0 Å². The third-order valence-corrected chi connectivity index (χ3v) is 6.72. The standard InChI is InChI=1S/C28H23N/c1-18-10-4-5-11-20(18)19-16-22-21-12-6-8-14-25(21)29-26-15-9-7-13-23(26)28(2,3)24(17-19)27(22)29/h4-17H,1-3H3. The van der Waals surface area contributed by atoms with Gasteiger partial charge in [0.1, 0.15) is 0 Å². The summed E-state index contributed by atoms with van der Waals surface area (Å²) in [5.41, 5.74) is 10.6. The summed E-state index contributed by atoms with van der Waals surface area (Å²) in [6.45, 7) is 6.93. The van der Waals surface area contributed by atoms with Crippen LogP contribution in [0.4, 0.5) is 0 Å². The van der Waals surface area contributed by atoms with Crippen molar-refractivity contribution in [3.05, 3.63) is 102 Å². The zero-order chi connectivity index (χ0) is 19.8. The third-order valence-electron chi connectivity index (χ3n) is 6.72. The molecule has 29 heavy (non-hydrogen) atoms.